The normalized spacial score (nSPS) is 21.4. The lowest BCUT2D eigenvalue weighted by atomic mass is 10.1. The van der Waals surface area contributed by atoms with Gasteiger partial charge in [-0.15, -0.1) is 0 Å². The van der Waals surface area contributed by atoms with Crippen LogP contribution in [0, 0.1) is 17.0 Å². The van der Waals surface area contributed by atoms with Gasteiger partial charge in [-0.3, -0.25) is 14.9 Å². The summed E-state index contributed by atoms with van der Waals surface area (Å²) < 4.78 is 27.2. The molecule has 1 N–H and O–H groups in total. The molecule has 2 heterocycles. The van der Waals surface area contributed by atoms with Crippen molar-refractivity contribution in [2.75, 3.05) is 32.7 Å². The van der Waals surface area contributed by atoms with E-state index in [0.717, 1.165) is 25.5 Å². The zero-order valence-electron chi connectivity index (χ0n) is 15.3. The van der Waals surface area contributed by atoms with Gasteiger partial charge < -0.3 is 10.2 Å². The number of piperazine rings is 1. The molecule has 0 aromatic heterocycles. The summed E-state index contributed by atoms with van der Waals surface area (Å²) in [6.07, 6.45) is 2.51. The lowest BCUT2D eigenvalue weighted by Crippen LogP contribution is -2.51. The highest BCUT2D eigenvalue weighted by molar-refractivity contribution is 7.89. The first-order chi connectivity index (χ1) is 12.8. The highest BCUT2D eigenvalue weighted by Crippen LogP contribution is 2.25. The van der Waals surface area contributed by atoms with Crippen LogP contribution in [-0.4, -0.2) is 67.2 Å². The van der Waals surface area contributed by atoms with Gasteiger partial charge in [0.25, 0.3) is 5.69 Å². The van der Waals surface area contributed by atoms with Crippen LogP contribution in [0.25, 0.3) is 0 Å². The zero-order chi connectivity index (χ0) is 19.6. The summed E-state index contributed by atoms with van der Waals surface area (Å²) in [5.74, 6) is 0.0398. The number of rotatable bonds is 5. The highest BCUT2D eigenvalue weighted by atomic mass is 32.2. The van der Waals surface area contributed by atoms with Crippen LogP contribution in [-0.2, 0) is 14.8 Å². The third kappa shape index (κ3) is 4.28. The molecule has 1 unspecified atom stereocenters. The Bertz CT molecular complexity index is 828. The Kier molecular flexibility index (Phi) is 5.78. The fourth-order valence-corrected chi connectivity index (χ4v) is 5.23. The SMILES string of the molecule is Cc1ccc([N+](=O)[O-])cc1S(=O)(=O)N1CCN(C(=O)CC2CCCN2)CC1. The maximum atomic E-state index is 12.9. The number of carbonyl (C=O) groups excluding carboxylic acids is 1. The minimum Gasteiger partial charge on any atom is -0.340 e. The Labute approximate surface area is 158 Å². The molecule has 2 aliphatic heterocycles. The van der Waals surface area contributed by atoms with Gasteiger partial charge in [0.15, 0.2) is 0 Å². The molecule has 27 heavy (non-hydrogen) atoms. The fraction of sp³-hybridized carbons (Fsp3) is 0.588. The van der Waals surface area contributed by atoms with Gasteiger partial charge in [-0.1, -0.05) is 6.07 Å². The molecule has 0 aliphatic carbocycles. The average Bonchev–Trinajstić information content (AvgIpc) is 3.14. The van der Waals surface area contributed by atoms with Crippen molar-refractivity contribution in [2.24, 2.45) is 0 Å². The van der Waals surface area contributed by atoms with Crippen LogP contribution in [0.1, 0.15) is 24.8 Å². The maximum Gasteiger partial charge on any atom is 0.270 e. The van der Waals surface area contributed by atoms with E-state index in [1.807, 2.05) is 0 Å². The second-order valence-electron chi connectivity index (χ2n) is 6.99. The van der Waals surface area contributed by atoms with E-state index in [-0.39, 0.29) is 35.6 Å². The predicted octanol–water partition coefficient (Wildman–Crippen LogP) is 0.878. The predicted molar refractivity (Wildman–Crippen MR) is 98.8 cm³/mol. The molecule has 10 heteroatoms. The summed E-state index contributed by atoms with van der Waals surface area (Å²) in [5, 5.41) is 14.3. The smallest absolute Gasteiger partial charge is 0.270 e. The molecule has 148 valence electrons. The molecule has 3 rings (SSSR count). The number of nitrogens with zero attached hydrogens (tertiary/aromatic N) is 3. The quantitative estimate of drug-likeness (QED) is 0.584. The third-order valence-corrected chi connectivity index (χ3v) is 7.22. The molecule has 2 aliphatic rings. The molecular weight excluding hydrogens is 372 g/mol. The zero-order valence-corrected chi connectivity index (χ0v) is 16.1. The number of amides is 1. The number of hydrogen-bond acceptors (Lipinski definition) is 6. The van der Waals surface area contributed by atoms with Crippen LogP contribution in [0.5, 0.6) is 0 Å². The molecule has 1 atom stereocenters. The molecule has 1 aromatic rings. The topological polar surface area (TPSA) is 113 Å². The van der Waals surface area contributed by atoms with Gasteiger partial charge in [-0.05, 0) is 31.9 Å². The van der Waals surface area contributed by atoms with Gasteiger partial charge in [0.2, 0.25) is 15.9 Å². The molecule has 1 aromatic carbocycles. The summed E-state index contributed by atoms with van der Waals surface area (Å²) in [5.41, 5.74) is 0.212. The second-order valence-corrected chi connectivity index (χ2v) is 8.90. The molecule has 9 nitrogen and oxygen atoms in total. The summed E-state index contributed by atoms with van der Waals surface area (Å²) in [4.78, 5) is 24.4. The number of sulfonamides is 1. The number of benzene rings is 1. The van der Waals surface area contributed by atoms with Crippen LogP contribution in [0.2, 0.25) is 0 Å². The third-order valence-electron chi connectivity index (χ3n) is 5.18. The van der Waals surface area contributed by atoms with E-state index >= 15 is 0 Å². The van der Waals surface area contributed by atoms with Gasteiger partial charge in [0, 0.05) is 50.8 Å². The van der Waals surface area contributed by atoms with Crippen LogP contribution < -0.4 is 5.32 Å². The van der Waals surface area contributed by atoms with Crippen molar-refractivity contribution in [3.8, 4) is 0 Å². The number of nitrogens with one attached hydrogen (secondary N) is 1. The minimum atomic E-state index is -3.84. The molecule has 0 radical (unpaired) electrons. The molecule has 2 fully saturated rings. The van der Waals surface area contributed by atoms with Crippen LogP contribution in [0.4, 0.5) is 5.69 Å². The Morgan fingerprint density at radius 2 is 2.00 bits per heavy atom. The van der Waals surface area contributed by atoms with Crippen molar-refractivity contribution >= 4 is 21.6 Å². The first-order valence-corrected chi connectivity index (χ1v) is 10.5. The van der Waals surface area contributed by atoms with Crippen LogP contribution >= 0.6 is 0 Å². The number of carbonyl (C=O) groups is 1. The number of non-ortho nitro benzene ring substituents is 1. The number of aryl methyl sites for hydroxylation is 1. The van der Waals surface area contributed by atoms with Crippen molar-refractivity contribution < 1.29 is 18.1 Å². The van der Waals surface area contributed by atoms with Gasteiger partial charge >= 0.3 is 0 Å². The largest absolute Gasteiger partial charge is 0.340 e. The Morgan fingerprint density at radius 3 is 2.59 bits per heavy atom. The molecular formula is C17H24N4O5S. The Hall–Kier alpha value is -2.04. The highest BCUT2D eigenvalue weighted by Gasteiger charge is 2.32. The van der Waals surface area contributed by atoms with Gasteiger partial charge in [0.05, 0.1) is 9.82 Å². The standard InChI is InChI=1S/C17H24N4O5S/c1-13-4-5-15(21(23)24)12-16(13)27(25,26)20-9-7-19(8-10-20)17(22)11-14-3-2-6-18-14/h4-5,12,14,18H,2-3,6-11H2,1H3. The summed E-state index contributed by atoms with van der Waals surface area (Å²) in [7, 11) is -3.84. The van der Waals surface area contributed by atoms with Crippen molar-refractivity contribution in [3.05, 3.63) is 33.9 Å². The van der Waals surface area contributed by atoms with Crippen molar-refractivity contribution in [1.82, 2.24) is 14.5 Å². The molecule has 2 saturated heterocycles. The fourth-order valence-electron chi connectivity index (χ4n) is 3.57. The molecule has 0 spiro atoms. The second kappa shape index (κ2) is 7.91. The number of hydrogen-bond donors (Lipinski definition) is 1. The van der Waals surface area contributed by atoms with Gasteiger partial charge in [-0.2, -0.15) is 4.31 Å². The summed E-state index contributed by atoms with van der Waals surface area (Å²) >= 11 is 0. The van der Waals surface area contributed by atoms with Crippen molar-refractivity contribution in [1.29, 1.82) is 0 Å². The van der Waals surface area contributed by atoms with Crippen LogP contribution in [0.3, 0.4) is 0 Å². The molecule has 1 amide bonds. The molecule has 0 bridgehead atoms. The summed E-state index contributed by atoms with van der Waals surface area (Å²) in [6.45, 7) is 3.59. The Balaban J connectivity index is 1.67. The number of nitro groups is 1. The first kappa shape index (κ1) is 19.7. The first-order valence-electron chi connectivity index (χ1n) is 9.05. The average molecular weight is 396 g/mol. The van der Waals surface area contributed by atoms with E-state index in [1.54, 1.807) is 11.8 Å². The lowest BCUT2D eigenvalue weighted by Gasteiger charge is -2.34. The van der Waals surface area contributed by atoms with E-state index in [4.69, 9.17) is 0 Å². The minimum absolute atomic E-state index is 0.0398. The van der Waals surface area contributed by atoms with Gasteiger partial charge in [0.1, 0.15) is 0 Å². The van der Waals surface area contributed by atoms with E-state index in [2.05, 4.69) is 5.32 Å². The van der Waals surface area contributed by atoms with Crippen molar-refractivity contribution in [3.63, 3.8) is 0 Å². The van der Waals surface area contributed by atoms with Gasteiger partial charge in [-0.25, -0.2) is 8.42 Å². The molecule has 0 saturated carbocycles. The Morgan fingerprint density at radius 1 is 1.30 bits per heavy atom. The monoisotopic (exact) mass is 396 g/mol. The summed E-state index contributed by atoms with van der Waals surface area (Å²) in [6, 6.07) is 4.06. The number of nitro benzene ring substituents is 1. The van der Waals surface area contributed by atoms with Crippen LogP contribution in [0.15, 0.2) is 23.1 Å². The van der Waals surface area contributed by atoms with E-state index in [1.165, 1.54) is 16.4 Å². The van der Waals surface area contributed by atoms with E-state index in [0.29, 0.717) is 25.1 Å². The lowest BCUT2D eigenvalue weighted by molar-refractivity contribution is -0.385. The van der Waals surface area contributed by atoms with E-state index < -0.39 is 14.9 Å². The maximum absolute atomic E-state index is 12.9. The van der Waals surface area contributed by atoms with E-state index in [9.17, 15) is 23.3 Å². The van der Waals surface area contributed by atoms with Crippen molar-refractivity contribution in [2.45, 2.75) is 37.1 Å².